The third-order valence-corrected chi connectivity index (χ3v) is 1.55. The minimum absolute atomic E-state index is 0.147. The van der Waals surface area contributed by atoms with Crippen LogP contribution in [0.2, 0.25) is 0 Å². The summed E-state index contributed by atoms with van der Waals surface area (Å²) in [4.78, 5) is 21.4. The Bertz CT molecular complexity index is 330. The van der Waals surface area contributed by atoms with E-state index < -0.39 is 5.97 Å². The Kier molecular flexibility index (Phi) is 3.34. The molecule has 0 N–H and O–H groups in total. The summed E-state index contributed by atoms with van der Waals surface area (Å²) in [6.45, 7) is 3.55. The molecule has 0 fully saturated rings. The summed E-state index contributed by atoms with van der Waals surface area (Å²) >= 11 is 0. The molecule has 0 aliphatic carbocycles. The van der Waals surface area contributed by atoms with Gasteiger partial charge in [0.05, 0.1) is 11.7 Å². The van der Waals surface area contributed by atoms with Crippen molar-refractivity contribution >= 4 is 11.7 Å². The van der Waals surface area contributed by atoms with Crippen LogP contribution in [0.15, 0.2) is 29.4 Å². The molecular weight excluding hydrogens is 182 g/mol. The predicted molar refractivity (Wildman–Crippen MR) is 52.4 cm³/mol. The molecule has 0 amide bonds. The van der Waals surface area contributed by atoms with Crippen LogP contribution in [0.5, 0.6) is 0 Å². The summed E-state index contributed by atoms with van der Waals surface area (Å²) in [6.07, 6.45) is -0.147. The molecule has 0 aliphatic heterocycles. The minimum Gasteiger partial charge on any atom is -0.459 e. The Balaban J connectivity index is 2.76. The number of rotatable bonds is 3. The Morgan fingerprint density at radius 1 is 1.29 bits per heavy atom. The highest BCUT2D eigenvalue weighted by Crippen LogP contribution is 2.13. The van der Waals surface area contributed by atoms with Gasteiger partial charge in [0.2, 0.25) is 0 Å². The standard InChI is InChI=1S/C10H11NO3/c1-7(2)14-10(12)8-3-5-9(11-13)6-4-8/h3-7H,1-2H3. The number of esters is 1. The van der Waals surface area contributed by atoms with Gasteiger partial charge in [-0.25, -0.2) is 4.79 Å². The average molecular weight is 193 g/mol. The van der Waals surface area contributed by atoms with Crippen LogP contribution in [0.25, 0.3) is 0 Å². The maximum atomic E-state index is 11.3. The fourth-order valence-electron chi connectivity index (χ4n) is 0.940. The van der Waals surface area contributed by atoms with Crippen LogP contribution in [-0.4, -0.2) is 12.1 Å². The van der Waals surface area contributed by atoms with Gasteiger partial charge in [0, 0.05) is 0 Å². The van der Waals surface area contributed by atoms with Crippen LogP contribution in [0.1, 0.15) is 24.2 Å². The molecule has 4 heteroatoms. The number of nitroso groups, excluding NO2 is 1. The average Bonchev–Trinajstić information content (AvgIpc) is 2.17. The first-order valence-corrected chi connectivity index (χ1v) is 4.28. The van der Waals surface area contributed by atoms with E-state index in [0.717, 1.165) is 0 Å². The van der Waals surface area contributed by atoms with E-state index >= 15 is 0 Å². The molecule has 1 aromatic rings. The largest absolute Gasteiger partial charge is 0.459 e. The molecule has 1 rings (SSSR count). The van der Waals surface area contributed by atoms with Crippen molar-refractivity contribution in [2.75, 3.05) is 0 Å². The summed E-state index contributed by atoms with van der Waals surface area (Å²) in [5, 5.41) is 2.73. The highest BCUT2D eigenvalue weighted by atomic mass is 16.5. The first-order valence-electron chi connectivity index (χ1n) is 4.28. The van der Waals surface area contributed by atoms with Gasteiger partial charge in [0.1, 0.15) is 5.69 Å². The summed E-state index contributed by atoms with van der Waals surface area (Å²) in [5.41, 5.74) is 0.720. The molecule has 0 radical (unpaired) electrons. The van der Waals surface area contributed by atoms with Crippen LogP contribution in [0, 0.1) is 4.91 Å². The summed E-state index contributed by atoms with van der Waals surface area (Å²) < 4.78 is 4.96. The third kappa shape index (κ3) is 2.65. The van der Waals surface area contributed by atoms with E-state index in [1.54, 1.807) is 13.8 Å². The van der Waals surface area contributed by atoms with E-state index in [1.807, 2.05) is 0 Å². The SMILES string of the molecule is CC(C)OC(=O)c1ccc(N=O)cc1. The summed E-state index contributed by atoms with van der Waals surface area (Å²) in [5.74, 6) is -0.391. The second-order valence-electron chi connectivity index (χ2n) is 3.09. The molecule has 0 bridgehead atoms. The number of carbonyl (C=O) groups is 1. The maximum absolute atomic E-state index is 11.3. The molecule has 74 valence electrons. The summed E-state index contributed by atoms with van der Waals surface area (Å²) in [7, 11) is 0. The topological polar surface area (TPSA) is 55.7 Å². The molecule has 14 heavy (non-hydrogen) atoms. The predicted octanol–water partition coefficient (Wildman–Crippen LogP) is 2.65. The Morgan fingerprint density at radius 3 is 2.29 bits per heavy atom. The molecule has 0 spiro atoms. The zero-order valence-corrected chi connectivity index (χ0v) is 8.06. The number of benzene rings is 1. The molecule has 0 unspecified atom stereocenters. The number of hydrogen-bond acceptors (Lipinski definition) is 4. The number of nitrogens with zero attached hydrogens (tertiary/aromatic N) is 1. The smallest absolute Gasteiger partial charge is 0.338 e. The molecule has 0 saturated heterocycles. The van der Waals surface area contributed by atoms with E-state index in [-0.39, 0.29) is 6.10 Å². The van der Waals surface area contributed by atoms with Crippen molar-refractivity contribution in [3.63, 3.8) is 0 Å². The van der Waals surface area contributed by atoms with Gasteiger partial charge >= 0.3 is 5.97 Å². The zero-order chi connectivity index (χ0) is 10.6. The molecule has 0 heterocycles. The lowest BCUT2D eigenvalue weighted by Gasteiger charge is -2.07. The highest BCUT2D eigenvalue weighted by Gasteiger charge is 2.08. The number of hydrogen-bond donors (Lipinski definition) is 0. The number of ether oxygens (including phenoxy) is 1. The monoisotopic (exact) mass is 193 g/mol. The van der Waals surface area contributed by atoms with Crippen LogP contribution >= 0.6 is 0 Å². The lowest BCUT2D eigenvalue weighted by Crippen LogP contribution is -2.11. The van der Waals surface area contributed by atoms with Gasteiger partial charge in [-0.3, -0.25) is 0 Å². The van der Waals surface area contributed by atoms with Gasteiger partial charge < -0.3 is 4.74 Å². The van der Waals surface area contributed by atoms with Crippen molar-refractivity contribution in [1.82, 2.24) is 0 Å². The van der Waals surface area contributed by atoms with Gasteiger partial charge in [0.15, 0.2) is 0 Å². The number of carbonyl (C=O) groups excluding carboxylic acids is 1. The van der Waals surface area contributed by atoms with E-state index in [0.29, 0.717) is 11.3 Å². The Labute approximate surface area is 81.9 Å². The third-order valence-electron chi connectivity index (χ3n) is 1.55. The van der Waals surface area contributed by atoms with Crippen molar-refractivity contribution < 1.29 is 9.53 Å². The molecule has 0 aromatic heterocycles. The fourth-order valence-corrected chi connectivity index (χ4v) is 0.940. The fraction of sp³-hybridized carbons (Fsp3) is 0.300. The minimum atomic E-state index is -0.391. The van der Waals surface area contributed by atoms with Gasteiger partial charge in [-0.1, -0.05) is 0 Å². The molecule has 1 aromatic carbocycles. The Morgan fingerprint density at radius 2 is 1.86 bits per heavy atom. The Hall–Kier alpha value is -1.71. The van der Waals surface area contributed by atoms with Crippen LogP contribution in [0.3, 0.4) is 0 Å². The zero-order valence-electron chi connectivity index (χ0n) is 8.06. The van der Waals surface area contributed by atoms with Gasteiger partial charge in [-0.15, -0.1) is 4.91 Å². The maximum Gasteiger partial charge on any atom is 0.338 e. The van der Waals surface area contributed by atoms with Crippen molar-refractivity contribution in [2.24, 2.45) is 5.18 Å². The summed E-state index contributed by atoms with van der Waals surface area (Å²) in [6, 6.07) is 5.98. The lowest BCUT2D eigenvalue weighted by molar-refractivity contribution is 0.0378. The molecule has 0 aliphatic rings. The second kappa shape index (κ2) is 4.50. The normalized spacial score (nSPS) is 9.93. The molecule has 0 atom stereocenters. The quantitative estimate of drug-likeness (QED) is 0.547. The lowest BCUT2D eigenvalue weighted by atomic mass is 10.2. The van der Waals surface area contributed by atoms with Crippen molar-refractivity contribution in [3.8, 4) is 0 Å². The van der Waals surface area contributed by atoms with Gasteiger partial charge in [-0.2, -0.15) is 0 Å². The van der Waals surface area contributed by atoms with Gasteiger partial charge in [0.25, 0.3) is 0 Å². The van der Waals surface area contributed by atoms with Crippen molar-refractivity contribution in [2.45, 2.75) is 20.0 Å². The van der Waals surface area contributed by atoms with Gasteiger partial charge in [-0.05, 0) is 43.3 Å². The highest BCUT2D eigenvalue weighted by molar-refractivity contribution is 5.89. The molecular formula is C10H11NO3. The van der Waals surface area contributed by atoms with Crippen LogP contribution in [-0.2, 0) is 4.74 Å². The first-order chi connectivity index (χ1) is 6.63. The van der Waals surface area contributed by atoms with E-state index in [1.165, 1.54) is 24.3 Å². The van der Waals surface area contributed by atoms with Crippen molar-refractivity contribution in [1.29, 1.82) is 0 Å². The molecule has 4 nitrogen and oxygen atoms in total. The van der Waals surface area contributed by atoms with E-state index in [2.05, 4.69) is 5.18 Å². The molecule has 0 saturated carbocycles. The first kappa shape index (κ1) is 10.4. The second-order valence-corrected chi connectivity index (χ2v) is 3.09. The van der Waals surface area contributed by atoms with E-state index in [4.69, 9.17) is 4.74 Å². The van der Waals surface area contributed by atoms with E-state index in [9.17, 15) is 9.70 Å². The van der Waals surface area contributed by atoms with Crippen molar-refractivity contribution in [3.05, 3.63) is 34.7 Å². The van der Waals surface area contributed by atoms with Crippen LogP contribution in [0.4, 0.5) is 5.69 Å². The van der Waals surface area contributed by atoms with Crippen LogP contribution < -0.4 is 0 Å².